The predicted molar refractivity (Wildman–Crippen MR) is 101 cm³/mol. The Bertz CT molecular complexity index is 728. The molecule has 2 aromatic rings. The number of benzene rings is 2. The number of piperazine rings is 1. The van der Waals surface area contributed by atoms with Crippen LogP contribution in [0.25, 0.3) is 0 Å². The van der Waals surface area contributed by atoms with Crippen LogP contribution in [0.1, 0.15) is 6.42 Å². The van der Waals surface area contributed by atoms with Gasteiger partial charge in [-0.2, -0.15) is 0 Å². The third kappa shape index (κ3) is 4.95. The fourth-order valence-corrected chi connectivity index (χ4v) is 3.07. The standard InChI is InChI=1S/C20H24FN3O2/c1-26-19-7-5-18(6-8-19)24-13-11-23(12-14-24)10-9-20(25)22-17-4-2-3-16(21)15-17/h2-8,15H,9-14H2,1H3,(H,22,25). The monoisotopic (exact) mass is 357 g/mol. The Morgan fingerprint density at radius 1 is 1.12 bits per heavy atom. The predicted octanol–water partition coefficient (Wildman–Crippen LogP) is 2.99. The van der Waals surface area contributed by atoms with E-state index in [-0.39, 0.29) is 11.7 Å². The molecule has 3 rings (SSSR count). The van der Waals surface area contributed by atoms with E-state index in [1.54, 1.807) is 19.2 Å². The van der Waals surface area contributed by atoms with Gasteiger partial charge in [0.05, 0.1) is 7.11 Å². The maximum atomic E-state index is 13.1. The van der Waals surface area contributed by atoms with E-state index in [2.05, 4.69) is 27.2 Å². The second-order valence-electron chi connectivity index (χ2n) is 6.34. The molecule has 1 aliphatic heterocycles. The topological polar surface area (TPSA) is 44.8 Å². The summed E-state index contributed by atoms with van der Waals surface area (Å²) < 4.78 is 18.3. The van der Waals surface area contributed by atoms with Gasteiger partial charge in [-0.15, -0.1) is 0 Å². The van der Waals surface area contributed by atoms with Crippen molar-refractivity contribution >= 4 is 17.3 Å². The van der Waals surface area contributed by atoms with Crippen LogP contribution in [-0.4, -0.2) is 50.6 Å². The molecular weight excluding hydrogens is 333 g/mol. The van der Waals surface area contributed by atoms with Gasteiger partial charge in [0.25, 0.3) is 0 Å². The molecule has 5 nitrogen and oxygen atoms in total. The quantitative estimate of drug-likeness (QED) is 0.863. The maximum Gasteiger partial charge on any atom is 0.225 e. The molecule has 6 heteroatoms. The van der Waals surface area contributed by atoms with Crippen LogP contribution in [0.2, 0.25) is 0 Å². The van der Waals surface area contributed by atoms with Gasteiger partial charge in [-0.1, -0.05) is 6.07 Å². The Kier molecular flexibility index (Phi) is 6.07. The highest BCUT2D eigenvalue weighted by molar-refractivity contribution is 5.90. The number of carbonyl (C=O) groups excluding carboxylic acids is 1. The Morgan fingerprint density at radius 2 is 1.85 bits per heavy atom. The van der Waals surface area contributed by atoms with Crippen LogP contribution >= 0.6 is 0 Å². The van der Waals surface area contributed by atoms with Gasteiger partial charge in [0.2, 0.25) is 5.91 Å². The van der Waals surface area contributed by atoms with Gasteiger partial charge in [0.15, 0.2) is 0 Å². The number of halogens is 1. The normalized spacial score (nSPS) is 14.9. The highest BCUT2D eigenvalue weighted by Crippen LogP contribution is 2.20. The van der Waals surface area contributed by atoms with Crippen LogP contribution in [0.15, 0.2) is 48.5 Å². The minimum absolute atomic E-state index is 0.0896. The third-order valence-corrected chi connectivity index (χ3v) is 4.57. The van der Waals surface area contributed by atoms with E-state index in [1.807, 2.05) is 12.1 Å². The van der Waals surface area contributed by atoms with Crippen LogP contribution in [-0.2, 0) is 4.79 Å². The lowest BCUT2D eigenvalue weighted by Gasteiger charge is -2.36. The van der Waals surface area contributed by atoms with Crippen molar-refractivity contribution in [3.63, 3.8) is 0 Å². The number of anilines is 2. The molecule has 26 heavy (non-hydrogen) atoms. The lowest BCUT2D eigenvalue weighted by Crippen LogP contribution is -2.47. The summed E-state index contributed by atoms with van der Waals surface area (Å²) in [4.78, 5) is 16.6. The number of hydrogen-bond acceptors (Lipinski definition) is 4. The van der Waals surface area contributed by atoms with Crippen molar-refractivity contribution in [2.45, 2.75) is 6.42 Å². The average molecular weight is 357 g/mol. The van der Waals surface area contributed by atoms with Crippen LogP contribution in [0.3, 0.4) is 0 Å². The zero-order valence-electron chi connectivity index (χ0n) is 15.0. The molecule has 1 aliphatic rings. The lowest BCUT2D eigenvalue weighted by molar-refractivity contribution is -0.116. The molecule has 1 fully saturated rings. The molecule has 1 N–H and O–H groups in total. The van der Waals surface area contributed by atoms with E-state index in [9.17, 15) is 9.18 Å². The van der Waals surface area contributed by atoms with Gasteiger partial charge >= 0.3 is 0 Å². The molecule has 138 valence electrons. The van der Waals surface area contributed by atoms with Crippen LogP contribution in [0, 0.1) is 5.82 Å². The largest absolute Gasteiger partial charge is 0.497 e. The van der Waals surface area contributed by atoms with E-state index in [4.69, 9.17) is 4.74 Å². The SMILES string of the molecule is COc1ccc(N2CCN(CCC(=O)Nc3cccc(F)c3)CC2)cc1. The molecular formula is C20H24FN3O2. The van der Waals surface area contributed by atoms with Gasteiger partial charge in [0.1, 0.15) is 11.6 Å². The summed E-state index contributed by atoms with van der Waals surface area (Å²) in [6.07, 6.45) is 0.402. The molecule has 0 atom stereocenters. The summed E-state index contributed by atoms with van der Waals surface area (Å²) in [5.41, 5.74) is 1.69. The number of nitrogens with zero attached hydrogens (tertiary/aromatic N) is 2. The number of methoxy groups -OCH3 is 1. The summed E-state index contributed by atoms with van der Waals surface area (Å²) in [7, 11) is 1.66. The molecule has 1 heterocycles. The zero-order chi connectivity index (χ0) is 18.4. The smallest absolute Gasteiger partial charge is 0.225 e. The number of rotatable bonds is 6. The average Bonchev–Trinajstić information content (AvgIpc) is 2.67. The Balaban J connectivity index is 1.41. The Labute approximate surface area is 153 Å². The number of nitrogens with one attached hydrogen (secondary N) is 1. The Hall–Kier alpha value is -2.60. The van der Waals surface area contributed by atoms with Crippen molar-refractivity contribution in [3.8, 4) is 5.75 Å². The molecule has 0 bridgehead atoms. The number of hydrogen-bond donors (Lipinski definition) is 1. The molecule has 0 aromatic heterocycles. The Morgan fingerprint density at radius 3 is 2.50 bits per heavy atom. The molecule has 0 saturated carbocycles. The van der Waals surface area contributed by atoms with Gasteiger partial charge in [-0.25, -0.2) is 4.39 Å². The fraction of sp³-hybridized carbons (Fsp3) is 0.350. The van der Waals surface area contributed by atoms with Crippen molar-refractivity contribution in [1.82, 2.24) is 4.90 Å². The minimum atomic E-state index is -0.350. The van der Waals surface area contributed by atoms with E-state index in [0.717, 1.165) is 31.9 Å². The fourth-order valence-electron chi connectivity index (χ4n) is 3.07. The van der Waals surface area contributed by atoms with Gasteiger partial charge in [-0.05, 0) is 42.5 Å². The number of carbonyl (C=O) groups is 1. The molecule has 0 unspecified atom stereocenters. The van der Waals surface area contributed by atoms with Crippen LogP contribution < -0.4 is 15.0 Å². The van der Waals surface area contributed by atoms with Crippen LogP contribution in [0.4, 0.5) is 15.8 Å². The third-order valence-electron chi connectivity index (χ3n) is 4.57. The zero-order valence-corrected chi connectivity index (χ0v) is 15.0. The number of amides is 1. The number of ether oxygens (including phenoxy) is 1. The second-order valence-corrected chi connectivity index (χ2v) is 6.34. The van der Waals surface area contributed by atoms with E-state index >= 15 is 0 Å². The summed E-state index contributed by atoms with van der Waals surface area (Å²) in [5, 5.41) is 2.74. The van der Waals surface area contributed by atoms with E-state index in [1.165, 1.54) is 17.8 Å². The first kappa shape index (κ1) is 18.2. The van der Waals surface area contributed by atoms with Crippen molar-refractivity contribution in [2.75, 3.05) is 50.1 Å². The molecule has 1 saturated heterocycles. The van der Waals surface area contributed by atoms with Gasteiger partial charge < -0.3 is 15.0 Å². The first-order chi connectivity index (χ1) is 12.6. The van der Waals surface area contributed by atoms with Crippen molar-refractivity contribution in [2.24, 2.45) is 0 Å². The molecule has 2 aromatic carbocycles. The highest BCUT2D eigenvalue weighted by atomic mass is 19.1. The summed E-state index contributed by atoms with van der Waals surface area (Å²) in [5.74, 6) is 0.419. The molecule has 0 aliphatic carbocycles. The molecule has 0 radical (unpaired) electrons. The first-order valence-corrected chi connectivity index (χ1v) is 8.81. The molecule has 1 amide bonds. The maximum absolute atomic E-state index is 13.1. The second kappa shape index (κ2) is 8.67. The van der Waals surface area contributed by atoms with Crippen molar-refractivity contribution in [1.29, 1.82) is 0 Å². The first-order valence-electron chi connectivity index (χ1n) is 8.81. The minimum Gasteiger partial charge on any atom is -0.497 e. The van der Waals surface area contributed by atoms with Crippen molar-refractivity contribution < 1.29 is 13.9 Å². The van der Waals surface area contributed by atoms with Crippen molar-refractivity contribution in [3.05, 3.63) is 54.3 Å². The van der Waals surface area contributed by atoms with E-state index in [0.29, 0.717) is 18.7 Å². The lowest BCUT2D eigenvalue weighted by atomic mass is 10.2. The highest BCUT2D eigenvalue weighted by Gasteiger charge is 2.18. The van der Waals surface area contributed by atoms with Gasteiger partial charge in [-0.3, -0.25) is 9.69 Å². The summed E-state index contributed by atoms with van der Waals surface area (Å²) in [6.45, 7) is 4.39. The summed E-state index contributed by atoms with van der Waals surface area (Å²) >= 11 is 0. The molecule has 0 spiro atoms. The van der Waals surface area contributed by atoms with E-state index < -0.39 is 0 Å². The van der Waals surface area contributed by atoms with Crippen LogP contribution in [0.5, 0.6) is 5.75 Å². The summed E-state index contributed by atoms with van der Waals surface area (Å²) in [6, 6.07) is 14.0. The van der Waals surface area contributed by atoms with Gasteiger partial charge in [0, 0.05) is 50.5 Å².